The summed E-state index contributed by atoms with van der Waals surface area (Å²) < 4.78 is 5.76. The van der Waals surface area contributed by atoms with E-state index in [1.165, 1.54) is 39.0 Å². The number of hydrogen-bond acceptors (Lipinski definition) is 7. The lowest BCUT2D eigenvalue weighted by Gasteiger charge is -2.28. The van der Waals surface area contributed by atoms with Crippen LogP contribution in [0.25, 0.3) is 0 Å². The van der Waals surface area contributed by atoms with E-state index in [9.17, 15) is 28.8 Å². The van der Waals surface area contributed by atoms with Gasteiger partial charge in [0.15, 0.2) is 5.78 Å². The highest BCUT2D eigenvalue weighted by molar-refractivity contribution is 5.98. The molecular weight excluding hydrogens is 600 g/mol. The lowest BCUT2D eigenvalue weighted by atomic mass is 9.92. The second-order valence-corrected chi connectivity index (χ2v) is 13.1. The first-order valence-electron chi connectivity index (χ1n) is 17.1. The molecule has 0 radical (unpaired) electrons. The molecule has 264 valence electrons. The molecule has 47 heavy (non-hydrogen) atoms. The van der Waals surface area contributed by atoms with Crippen molar-refractivity contribution in [2.45, 2.75) is 124 Å². The van der Waals surface area contributed by atoms with Gasteiger partial charge >= 0.3 is 5.97 Å². The zero-order valence-corrected chi connectivity index (χ0v) is 29.3. The number of unbranched alkanes of at least 4 members (excludes halogenated alkanes) is 3. The molecule has 5 N–H and O–H groups in total. The van der Waals surface area contributed by atoms with Gasteiger partial charge in [0.2, 0.25) is 17.7 Å². The molecule has 1 saturated heterocycles. The van der Waals surface area contributed by atoms with E-state index in [0.29, 0.717) is 12.3 Å². The molecule has 0 aromatic carbocycles. The van der Waals surface area contributed by atoms with Gasteiger partial charge in [-0.15, -0.1) is 0 Å². The highest BCUT2D eigenvalue weighted by Gasteiger charge is 2.33. The van der Waals surface area contributed by atoms with Gasteiger partial charge < -0.3 is 26.4 Å². The van der Waals surface area contributed by atoms with Crippen LogP contribution in [0.15, 0.2) is 36.1 Å². The molecule has 11 heteroatoms. The molecule has 1 aliphatic heterocycles. The second kappa shape index (κ2) is 21.9. The number of esters is 1. The summed E-state index contributed by atoms with van der Waals surface area (Å²) >= 11 is 0. The van der Waals surface area contributed by atoms with Crippen molar-refractivity contribution in [2.75, 3.05) is 6.54 Å². The quantitative estimate of drug-likeness (QED) is 0.0767. The molecule has 11 nitrogen and oxygen atoms in total. The van der Waals surface area contributed by atoms with Crippen LogP contribution in [0, 0.1) is 23.7 Å². The number of carbonyl (C=O) groups is 6. The Hall–Kier alpha value is -3.76. The van der Waals surface area contributed by atoms with E-state index >= 15 is 0 Å². The Labute approximate surface area is 281 Å². The summed E-state index contributed by atoms with van der Waals surface area (Å²) in [6.45, 7) is 14.9. The van der Waals surface area contributed by atoms with Gasteiger partial charge in [0.1, 0.15) is 12.1 Å². The van der Waals surface area contributed by atoms with Gasteiger partial charge in [-0.2, -0.15) is 0 Å². The van der Waals surface area contributed by atoms with Crippen molar-refractivity contribution < 1.29 is 33.5 Å². The van der Waals surface area contributed by atoms with Gasteiger partial charge in [0, 0.05) is 18.9 Å². The summed E-state index contributed by atoms with van der Waals surface area (Å²) in [5, 5.41) is 7.57. The fourth-order valence-corrected chi connectivity index (χ4v) is 5.09. The van der Waals surface area contributed by atoms with Gasteiger partial charge in [-0.1, -0.05) is 91.0 Å². The molecule has 0 spiro atoms. The van der Waals surface area contributed by atoms with E-state index in [1.54, 1.807) is 19.9 Å². The minimum Gasteiger partial charge on any atom is -0.460 e. The Morgan fingerprint density at radius 2 is 1.70 bits per heavy atom. The number of nitrogens with two attached hydrogens (primary N) is 1. The maximum Gasteiger partial charge on any atom is 0.328 e. The number of primary amides is 1. The van der Waals surface area contributed by atoms with Gasteiger partial charge in [-0.05, 0) is 51.0 Å². The fraction of sp³-hybridized carbons (Fsp3) is 0.667. The van der Waals surface area contributed by atoms with Gasteiger partial charge in [-0.25, -0.2) is 4.79 Å². The molecule has 1 fully saturated rings. The molecular formula is C36H58N4O7. The molecule has 6 unspecified atom stereocenters. The predicted molar refractivity (Wildman–Crippen MR) is 182 cm³/mol. The molecule has 6 atom stereocenters. The van der Waals surface area contributed by atoms with Crippen LogP contribution in [0.4, 0.5) is 0 Å². The van der Waals surface area contributed by atoms with Crippen LogP contribution in [-0.2, 0) is 33.5 Å². The van der Waals surface area contributed by atoms with Gasteiger partial charge in [-0.3, -0.25) is 24.0 Å². The van der Waals surface area contributed by atoms with Crippen molar-refractivity contribution in [1.29, 1.82) is 0 Å². The van der Waals surface area contributed by atoms with Crippen molar-refractivity contribution in [2.24, 2.45) is 29.4 Å². The molecule has 4 amide bonds. The summed E-state index contributed by atoms with van der Waals surface area (Å²) in [5.41, 5.74) is 6.08. The monoisotopic (exact) mass is 658 g/mol. The lowest BCUT2D eigenvalue weighted by Crippen LogP contribution is -2.49. The first-order valence-corrected chi connectivity index (χ1v) is 17.1. The van der Waals surface area contributed by atoms with E-state index < -0.39 is 59.5 Å². The zero-order chi connectivity index (χ0) is 35.5. The Bertz CT molecular complexity index is 1160. The minimum absolute atomic E-state index is 0.0800. The summed E-state index contributed by atoms with van der Waals surface area (Å²) in [6.07, 6.45) is 13.1. The predicted octanol–water partition coefficient (Wildman–Crippen LogP) is 4.56. The van der Waals surface area contributed by atoms with Crippen LogP contribution in [0.5, 0.6) is 0 Å². The van der Waals surface area contributed by atoms with Crippen molar-refractivity contribution in [3.8, 4) is 0 Å². The topological polar surface area (TPSA) is 174 Å². The average molecular weight is 659 g/mol. The van der Waals surface area contributed by atoms with Gasteiger partial charge in [0.25, 0.3) is 5.91 Å². The third kappa shape index (κ3) is 16.6. The zero-order valence-electron chi connectivity index (χ0n) is 29.3. The minimum atomic E-state index is -1.20. The Balaban J connectivity index is 2.97. The molecule has 1 rings (SSSR count). The molecule has 0 saturated carbocycles. The van der Waals surface area contributed by atoms with E-state index in [2.05, 4.69) is 42.5 Å². The number of ketones is 1. The Morgan fingerprint density at radius 3 is 2.36 bits per heavy atom. The SMILES string of the molecule is C=C1NC(=O)C(C)C(CCC(C)C(=O)C=CC(C)=CCCC(C)CCCCCC)OC(=O)C(CCC(N)=O)NC(=O)C(C)CNC1=O. The maximum absolute atomic E-state index is 13.3. The van der Waals surface area contributed by atoms with Crippen LogP contribution < -0.4 is 21.7 Å². The second-order valence-electron chi connectivity index (χ2n) is 13.1. The standard InChI is InChI=1S/C36H58N4O7/c1-8-9-10-11-13-23(2)14-12-15-24(3)16-19-30(41)25(4)17-20-31-27(6)34(44)39-28(7)35(45)38-22-26(5)33(43)40-29(36(46)47-31)18-21-32(37)42/h15-16,19,23,25-27,29,31H,7-14,17-18,20-22H2,1-6H3,(H2,37,42)(H,38,45)(H,39,44)(H,40,43). The third-order valence-electron chi connectivity index (χ3n) is 8.64. The van der Waals surface area contributed by atoms with Crippen LogP contribution >= 0.6 is 0 Å². The van der Waals surface area contributed by atoms with Crippen LogP contribution in [-0.4, -0.2) is 54.1 Å². The number of ether oxygens (including phenoxy) is 1. The number of hydrogen-bond donors (Lipinski definition) is 4. The molecule has 0 aromatic heterocycles. The normalized spacial score (nSPS) is 23.3. The van der Waals surface area contributed by atoms with Crippen LogP contribution in [0.1, 0.15) is 112 Å². The number of rotatable bonds is 17. The van der Waals surface area contributed by atoms with Crippen molar-refractivity contribution in [1.82, 2.24) is 16.0 Å². The summed E-state index contributed by atoms with van der Waals surface area (Å²) in [4.78, 5) is 76.0. The largest absolute Gasteiger partial charge is 0.460 e. The number of cyclic esters (lactones) is 1. The number of allylic oxidation sites excluding steroid dienone is 4. The summed E-state index contributed by atoms with van der Waals surface area (Å²) in [7, 11) is 0. The number of amides is 4. The van der Waals surface area contributed by atoms with Crippen molar-refractivity contribution in [3.63, 3.8) is 0 Å². The molecule has 1 heterocycles. The van der Waals surface area contributed by atoms with Crippen molar-refractivity contribution >= 4 is 35.4 Å². The van der Waals surface area contributed by atoms with E-state index in [1.807, 2.05) is 13.0 Å². The first-order chi connectivity index (χ1) is 22.2. The molecule has 0 bridgehead atoms. The molecule has 0 aliphatic carbocycles. The van der Waals surface area contributed by atoms with Crippen molar-refractivity contribution in [3.05, 3.63) is 36.1 Å². The van der Waals surface area contributed by atoms with Gasteiger partial charge in [0.05, 0.1) is 17.5 Å². The Morgan fingerprint density at radius 1 is 1.00 bits per heavy atom. The number of carbonyl (C=O) groups excluding carboxylic acids is 6. The summed E-state index contributed by atoms with van der Waals surface area (Å²) in [6, 6.07) is -1.20. The third-order valence-corrected chi connectivity index (χ3v) is 8.64. The Kier molecular flexibility index (Phi) is 19.2. The van der Waals surface area contributed by atoms with E-state index in [-0.39, 0.29) is 37.3 Å². The lowest BCUT2D eigenvalue weighted by molar-refractivity contribution is -0.158. The average Bonchev–Trinajstić information content (AvgIpc) is 3.02. The summed E-state index contributed by atoms with van der Waals surface area (Å²) in [5.74, 6) is -4.83. The smallest absolute Gasteiger partial charge is 0.328 e. The van der Waals surface area contributed by atoms with Crippen LogP contribution in [0.3, 0.4) is 0 Å². The highest BCUT2D eigenvalue weighted by Crippen LogP contribution is 2.21. The van der Waals surface area contributed by atoms with E-state index in [0.717, 1.165) is 18.4 Å². The number of nitrogens with one attached hydrogen (secondary N) is 3. The first kappa shape index (κ1) is 41.3. The molecule has 0 aromatic rings. The fourth-order valence-electron chi connectivity index (χ4n) is 5.09. The van der Waals surface area contributed by atoms with Crippen LogP contribution in [0.2, 0.25) is 0 Å². The maximum atomic E-state index is 13.3. The van der Waals surface area contributed by atoms with E-state index in [4.69, 9.17) is 10.5 Å². The molecule has 1 aliphatic rings. The highest BCUT2D eigenvalue weighted by atomic mass is 16.5.